The standard InChI is InChI=1S/C23H25ClN4O2/c1-5-20-19(12-26-28(20)18-8-6-7-17(24)11-18)23(30)25-13-21(29)27-22-15(3)9-14(2)10-16(22)4/h6-12H,5,13H2,1-4H3,(H,25,30)(H,27,29). The van der Waals surface area contributed by atoms with E-state index in [9.17, 15) is 9.59 Å². The number of nitrogens with zero attached hydrogens (tertiary/aromatic N) is 2. The van der Waals surface area contributed by atoms with E-state index in [0.717, 1.165) is 33.8 Å². The molecule has 1 heterocycles. The Balaban J connectivity index is 1.70. The van der Waals surface area contributed by atoms with Crippen LogP contribution in [0.5, 0.6) is 0 Å². The van der Waals surface area contributed by atoms with Crippen molar-refractivity contribution < 1.29 is 9.59 Å². The van der Waals surface area contributed by atoms with Gasteiger partial charge in [0.05, 0.1) is 29.7 Å². The summed E-state index contributed by atoms with van der Waals surface area (Å²) in [4.78, 5) is 25.1. The minimum Gasteiger partial charge on any atom is -0.343 e. The van der Waals surface area contributed by atoms with Crippen LogP contribution in [0.25, 0.3) is 5.69 Å². The van der Waals surface area contributed by atoms with Crippen molar-refractivity contribution in [2.45, 2.75) is 34.1 Å². The minimum absolute atomic E-state index is 0.128. The highest BCUT2D eigenvalue weighted by molar-refractivity contribution is 6.30. The van der Waals surface area contributed by atoms with Gasteiger partial charge in [-0.25, -0.2) is 4.68 Å². The van der Waals surface area contributed by atoms with E-state index in [1.54, 1.807) is 16.8 Å². The molecule has 1 aromatic heterocycles. The number of nitrogens with one attached hydrogen (secondary N) is 2. The molecule has 30 heavy (non-hydrogen) atoms. The Labute approximate surface area is 181 Å². The molecule has 0 radical (unpaired) electrons. The molecule has 6 nitrogen and oxygen atoms in total. The van der Waals surface area contributed by atoms with Crippen molar-refractivity contribution in [2.24, 2.45) is 0 Å². The highest BCUT2D eigenvalue weighted by Crippen LogP contribution is 2.22. The van der Waals surface area contributed by atoms with Gasteiger partial charge in [-0.05, 0) is 56.5 Å². The number of carbonyl (C=O) groups is 2. The molecule has 3 rings (SSSR count). The fraction of sp³-hybridized carbons (Fsp3) is 0.261. The minimum atomic E-state index is -0.340. The molecule has 0 unspecified atom stereocenters. The Morgan fingerprint density at radius 3 is 2.43 bits per heavy atom. The predicted octanol–water partition coefficient (Wildman–Crippen LogP) is 4.38. The molecule has 0 spiro atoms. The van der Waals surface area contributed by atoms with E-state index in [4.69, 9.17) is 11.6 Å². The number of benzene rings is 2. The summed E-state index contributed by atoms with van der Waals surface area (Å²) >= 11 is 6.08. The highest BCUT2D eigenvalue weighted by Gasteiger charge is 2.18. The van der Waals surface area contributed by atoms with Crippen LogP contribution in [0.1, 0.15) is 39.7 Å². The van der Waals surface area contributed by atoms with Crippen LogP contribution in [0.15, 0.2) is 42.6 Å². The van der Waals surface area contributed by atoms with Crippen LogP contribution < -0.4 is 10.6 Å². The summed E-state index contributed by atoms with van der Waals surface area (Å²) in [7, 11) is 0. The quantitative estimate of drug-likeness (QED) is 0.616. The van der Waals surface area contributed by atoms with Crippen molar-refractivity contribution in [3.05, 3.63) is 75.6 Å². The molecule has 0 aliphatic rings. The van der Waals surface area contributed by atoms with E-state index in [-0.39, 0.29) is 18.4 Å². The Hall–Kier alpha value is -3.12. The van der Waals surface area contributed by atoms with Gasteiger partial charge in [0.15, 0.2) is 0 Å². The first-order valence-electron chi connectivity index (χ1n) is 9.79. The van der Waals surface area contributed by atoms with E-state index in [1.807, 2.05) is 52.0 Å². The zero-order chi connectivity index (χ0) is 21.8. The van der Waals surface area contributed by atoms with Crippen molar-refractivity contribution >= 4 is 29.1 Å². The Kier molecular flexibility index (Phi) is 6.57. The first kappa shape index (κ1) is 21.6. The number of carbonyl (C=O) groups excluding carboxylic acids is 2. The molecule has 3 aromatic rings. The summed E-state index contributed by atoms with van der Waals surface area (Å²) in [6.45, 7) is 7.74. The summed E-state index contributed by atoms with van der Waals surface area (Å²) in [5.74, 6) is -0.619. The van der Waals surface area contributed by atoms with Crippen molar-refractivity contribution in [1.82, 2.24) is 15.1 Å². The summed E-state index contributed by atoms with van der Waals surface area (Å²) in [6.07, 6.45) is 2.12. The monoisotopic (exact) mass is 424 g/mol. The van der Waals surface area contributed by atoms with E-state index < -0.39 is 0 Å². The van der Waals surface area contributed by atoms with Gasteiger partial charge in [0.1, 0.15) is 0 Å². The van der Waals surface area contributed by atoms with Gasteiger partial charge in [0.25, 0.3) is 5.91 Å². The second-order valence-corrected chi connectivity index (χ2v) is 7.69. The van der Waals surface area contributed by atoms with Gasteiger partial charge in [0, 0.05) is 10.7 Å². The molecule has 0 aliphatic carbocycles. The number of hydrogen-bond donors (Lipinski definition) is 2. The van der Waals surface area contributed by atoms with Crippen molar-refractivity contribution in [1.29, 1.82) is 0 Å². The summed E-state index contributed by atoms with van der Waals surface area (Å²) < 4.78 is 1.69. The molecule has 2 amide bonds. The van der Waals surface area contributed by atoms with Gasteiger partial charge in [-0.15, -0.1) is 0 Å². The largest absolute Gasteiger partial charge is 0.343 e. The molecule has 0 aliphatic heterocycles. The maximum absolute atomic E-state index is 12.7. The predicted molar refractivity (Wildman–Crippen MR) is 120 cm³/mol. The molecule has 7 heteroatoms. The Morgan fingerprint density at radius 1 is 1.10 bits per heavy atom. The molecule has 2 aromatic carbocycles. The SMILES string of the molecule is CCc1c(C(=O)NCC(=O)Nc2c(C)cc(C)cc2C)cnn1-c1cccc(Cl)c1. The summed E-state index contributed by atoms with van der Waals surface area (Å²) in [5.41, 5.74) is 5.87. The van der Waals surface area contributed by atoms with E-state index in [2.05, 4.69) is 15.7 Å². The van der Waals surface area contributed by atoms with E-state index in [0.29, 0.717) is 17.0 Å². The number of amides is 2. The molecule has 2 N–H and O–H groups in total. The molecular formula is C23H25ClN4O2. The lowest BCUT2D eigenvalue weighted by molar-refractivity contribution is -0.115. The van der Waals surface area contributed by atoms with Crippen LogP contribution in [0.4, 0.5) is 5.69 Å². The lowest BCUT2D eigenvalue weighted by Crippen LogP contribution is -2.33. The third-order valence-corrected chi connectivity index (χ3v) is 5.09. The number of rotatable bonds is 6. The van der Waals surface area contributed by atoms with Gasteiger partial charge >= 0.3 is 0 Å². The normalized spacial score (nSPS) is 10.7. The van der Waals surface area contributed by atoms with Crippen LogP contribution in [0.3, 0.4) is 0 Å². The number of aryl methyl sites for hydroxylation is 3. The molecule has 0 atom stereocenters. The van der Waals surface area contributed by atoms with Crippen molar-refractivity contribution in [3.8, 4) is 5.69 Å². The number of hydrogen-bond acceptors (Lipinski definition) is 3. The van der Waals surface area contributed by atoms with Crippen LogP contribution in [0.2, 0.25) is 5.02 Å². The molecule has 0 bridgehead atoms. The van der Waals surface area contributed by atoms with E-state index >= 15 is 0 Å². The van der Waals surface area contributed by atoms with Crippen LogP contribution in [0, 0.1) is 20.8 Å². The number of anilines is 1. The van der Waals surface area contributed by atoms with E-state index in [1.165, 1.54) is 6.20 Å². The van der Waals surface area contributed by atoms with Gasteiger partial charge in [-0.2, -0.15) is 5.10 Å². The van der Waals surface area contributed by atoms with Crippen LogP contribution in [-0.4, -0.2) is 28.1 Å². The Morgan fingerprint density at radius 2 is 1.80 bits per heavy atom. The fourth-order valence-electron chi connectivity index (χ4n) is 3.55. The zero-order valence-electron chi connectivity index (χ0n) is 17.5. The average Bonchev–Trinajstić information content (AvgIpc) is 3.13. The molecule has 0 saturated carbocycles. The molecular weight excluding hydrogens is 400 g/mol. The van der Waals surface area contributed by atoms with Crippen LogP contribution in [-0.2, 0) is 11.2 Å². The topological polar surface area (TPSA) is 76.0 Å². The second-order valence-electron chi connectivity index (χ2n) is 7.25. The summed E-state index contributed by atoms with van der Waals surface area (Å²) in [5, 5.41) is 10.5. The lowest BCUT2D eigenvalue weighted by Gasteiger charge is -2.13. The van der Waals surface area contributed by atoms with Gasteiger partial charge in [-0.1, -0.05) is 42.3 Å². The fourth-order valence-corrected chi connectivity index (χ4v) is 3.74. The Bertz CT molecular complexity index is 1080. The summed E-state index contributed by atoms with van der Waals surface area (Å²) in [6, 6.07) is 11.3. The highest BCUT2D eigenvalue weighted by atomic mass is 35.5. The van der Waals surface area contributed by atoms with Crippen molar-refractivity contribution in [2.75, 3.05) is 11.9 Å². The first-order chi connectivity index (χ1) is 14.3. The maximum Gasteiger partial charge on any atom is 0.255 e. The van der Waals surface area contributed by atoms with Gasteiger partial charge < -0.3 is 10.6 Å². The third-order valence-electron chi connectivity index (χ3n) is 4.85. The molecule has 0 saturated heterocycles. The van der Waals surface area contributed by atoms with Gasteiger partial charge in [-0.3, -0.25) is 9.59 Å². The average molecular weight is 425 g/mol. The van der Waals surface area contributed by atoms with Crippen LogP contribution >= 0.6 is 11.6 Å². The third kappa shape index (κ3) is 4.71. The maximum atomic E-state index is 12.7. The number of aromatic nitrogens is 2. The molecule has 0 fully saturated rings. The smallest absolute Gasteiger partial charge is 0.255 e. The second kappa shape index (κ2) is 9.13. The van der Waals surface area contributed by atoms with Crippen molar-refractivity contribution in [3.63, 3.8) is 0 Å². The zero-order valence-corrected chi connectivity index (χ0v) is 18.3. The van der Waals surface area contributed by atoms with Gasteiger partial charge in [0.2, 0.25) is 5.91 Å². The lowest BCUT2D eigenvalue weighted by atomic mass is 10.1. The number of halogens is 1. The molecule has 156 valence electrons. The first-order valence-corrected chi connectivity index (χ1v) is 10.2.